The zero-order valence-electron chi connectivity index (χ0n) is 13.5. The highest BCUT2D eigenvalue weighted by molar-refractivity contribution is 7.16. The number of aliphatic carboxylic acids is 1. The van der Waals surface area contributed by atoms with E-state index < -0.39 is 11.9 Å². The molecule has 0 aromatic carbocycles. The second-order valence-electron chi connectivity index (χ2n) is 6.79. The van der Waals surface area contributed by atoms with Crippen molar-refractivity contribution in [2.45, 2.75) is 40.0 Å². The summed E-state index contributed by atoms with van der Waals surface area (Å²) in [5, 5.41) is 21.1. The summed E-state index contributed by atoms with van der Waals surface area (Å²) in [7, 11) is 0. The molecule has 6 heteroatoms. The van der Waals surface area contributed by atoms with E-state index in [2.05, 4.69) is 32.2 Å². The predicted molar refractivity (Wildman–Crippen MR) is 89.4 cm³/mol. The Labute approximate surface area is 139 Å². The van der Waals surface area contributed by atoms with Gasteiger partial charge in [-0.05, 0) is 36.2 Å². The molecule has 0 saturated carbocycles. The zero-order valence-corrected chi connectivity index (χ0v) is 14.3. The molecule has 0 saturated heterocycles. The number of carboxylic acids is 1. The summed E-state index contributed by atoms with van der Waals surface area (Å²) in [5.74, 6) is -1.16. The molecule has 2 rings (SSSR count). The molecule has 0 bridgehead atoms. The quantitative estimate of drug-likeness (QED) is 0.831. The lowest BCUT2D eigenvalue weighted by molar-refractivity contribution is -0.131. The van der Waals surface area contributed by atoms with Gasteiger partial charge >= 0.3 is 5.97 Å². The molecule has 1 atom stereocenters. The number of rotatable bonds is 3. The Balaban J connectivity index is 2.24. The molecule has 1 aliphatic rings. The highest BCUT2D eigenvalue weighted by atomic mass is 32.1. The van der Waals surface area contributed by atoms with Crippen molar-refractivity contribution in [3.8, 4) is 6.07 Å². The lowest BCUT2D eigenvalue weighted by Gasteiger charge is -2.33. The van der Waals surface area contributed by atoms with Gasteiger partial charge < -0.3 is 10.4 Å². The summed E-state index contributed by atoms with van der Waals surface area (Å²) in [6.45, 7) is 6.67. The van der Waals surface area contributed by atoms with Crippen molar-refractivity contribution in [2.75, 3.05) is 5.32 Å². The van der Waals surface area contributed by atoms with Gasteiger partial charge in [-0.25, -0.2) is 4.79 Å². The van der Waals surface area contributed by atoms with E-state index in [1.807, 2.05) is 0 Å². The lowest BCUT2D eigenvalue weighted by atomic mass is 9.72. The van der Waals surface area contributed by atoms with E-state index in [4.69, 9.17) is 5.11 Å². The molecule has 1 amide bonds. The van der Waals surface area contributed by atoms with Crippen molar-refractivity contribution in [2.24, 2.45) is 11.3 Å². The van der Waals surface area contributed by atoms with Crippen LogP contribution < -0.4 is 5.32 Å². The number of anilines is 1. The maximum Gasteiger partial charge on any atom is 0.328 e. The third kappa shape index (κ3) is 3.99. The maximum atomic E-state index is 11.8. The molecular formula is C17H20N2O3S. The van der Waals surface area contributed by atoms with Gasteiger partial charge in [0, 0.05) is 17.0 Å². The first-order valence-electron chi connectivity index (χ1n) is 7.49. The summed E-state index contributed by atoms with van der Waals surface area (Å²) in [6, 6.07) is 2.18. The molecule has 0 aliphatic heterocycles. The van der Waals surface area contributed by atoms with Crippen LogP contribution in [-0.4, -0.2) is 17.0 Å². The Bertz CT molecular complexity index is 705. The van der Waals surface area contributed by atoms with Gasteiger partial charge in [-0.15, -0.1) is 11.3 Å². The molecule has 23 heavy (non-hydrogen) atoms. The molecule has 122 valence electrons. The summed E-state index contributed by atoms with van der Waals surface area (Å²) >= 11 is 1.43. The van der Waals surface area contributed by atoms with Crippen molar-refractivity contribution in [3.05, 3.63) is 28.2 Å². The number of carbonyl (C=O) groups excluding carboxylic acids is 1. The number of carboxylic acid groups (broad SMARTS) is 1. The minimum absolute atomic E-state index is 0.210. The molecule has 1 aromatic heterocycles. The number of nitrogens with one attached hydrogen (secondary N) is 1. The second-order valence-corrected chi connectivity index (χ2v) is 7.89. The first-order chi connectivity index (χ1) is 10.7. The van der Waals surface area contributed by atoms with Gasteiger partial charge in [0.25, 0.3) is 0 Å². The van der Waals surface area contributed by atoms with E-state index in [-0.39, 0.29) is 5.41 Å². The maximum absolute atomic E-state index is 11.8. The topological polar surface area (TPSA) is 90.2 Å². The Morgan fingerprint density at radius 1 is 1.39 bits per heavy atom. The van der Waals surface area contributed by atoms with Crippen molar-refractivity contribution in [1.82, 2.24) is 0 Å². The number of nitriles is 1. The van der Waals surface area contributed by atoms with E-state index in [0.29, 0.717) is 16.5 Å². The first-order valence-corrected chi connectivity index (χ1v) is 8.30. The van der Waals surface area contributed by atoms with Gasteiger partial charge in [0.15, 0.2) is 0 Å². The normalized spacial score (nSPS) is 17.6. The van der Waals surface area contributed by atoms with Crippen molar-refractivity contribution in [1.29, 1.82) is 5.26 Å². The van der Waals surface area contributed by atoms with Gasteiger partial charge in [0.2, 0.25) is 5.91 Å². The third-order valence-electron chi connectivity index (χ3n) is 4.22. The molecule has 2 N–H and O–H groups in total. The van der Waals surface area contributed by atoms with Crippen LogP contribution >= 0.6 is 11.3 Å². The summed E-state index contributed by atoms with van der Waals surface area (Å²) in [5.41, 5.74) is 1.77. The molecule has 0 fully saturated rings. The fourth-order valence-electron chi connectivity index (χ4n) is 2.83. The van der Waals surface area contributed by atoms with E-state index in [1.165, 1.54) is 11.3 Å². The first kappa shape index (κ1) is 17.2. The number of carbonyl (C=O) groups is 2. The van der Waals surface area contributed by atoms with Crippen LogP contribution in [0.5, 0.6) is 0 Å². The SMILES string of the molecule is CC(C)(C)C1CCc2c(sc(NC(=O)C=CC(=O)O)c2C#N)C1. The van der Waals surface area contributed by atoms with E-state index in [1.54, 1.807) is 0 Å². The third-order valence-corrected chi connectivity index (χ3v) is 5.39. The fourth-order valence-corrected chi connectivity index (χ4v) is 4.11. The van der Waals surface area contributed by atoms with Gasteiger partial charge in [-0.3, -0.25) is 4.79 Å². The zero-order chi connectivity index (χ0) is 17.2. The number of thiophene rings is 1. The average molecular weight is 332 g/mol. The molecule has 5 nitrogen and oxygen atoms in total. The van der Waals surface area contributed by atoms with Crippen LogP contribution in [0.2, 0.25) is 0 Å². The summed E-state index contributed by atoms with van der Waals surface area (Å²) < 4.78 is 0. The molecule has 0 radical (unpaired) electrons. The molecule has 0 spiro atoms. The standard InChI is InChI=1S/C17H20N2O3S/c1-17(2,3)10-4-5-11-12(9-18)16(23-13(11)8-10)19-14(20)6-7-15(21)22/h6-7,10H,4-5,8H2,1-3H3,(H,19,20)(H,21,22). The highest BCUT2D eigenvalue weighted by Crippen LogP contribution is 2.43. The Kier molecular flexibility index (Phi) is 4.90. The molecule has 1 aromatic rings. The highest BCUT2D eigenvalue weighted by Gasteiger charge is 2.32. The number of amides is 1. The van der Waals surface area contributed by atoms with Gasteiger partial charge in [-0.1, -0.05) is 20.8 Å². The molecule has 1 unspecified atom stereocenters. The fraction of sp³-hybridized carbons (Fsp3) is 0.471. The lowest BCUT2D eigenvalue weighted by Crippen LogP contribution is -2.26. The van der Waals surface area contributed by atoms with Crippen LogP contribution in [0.3, 0.4) is 0 Å². The van der Waals surface area contributed by atoms with Crippen LogP contribution in [0.4, 0.5) is 5.00 Å². The smallest absolute Gasteiger partial charge is 0.328 e. The van der Waals surface area contributed by atoms with Crippen molar-refractivity contribution in [3.63, 3.8) is 0 Å². The van der Waals surface area contributed by atoms with Crippen LogP contribution in [0, 0.1) is 22.7 Å². The van der Waals surface area contributed by atoms with Crippen molar-refractivity contribution >= 4 is 28.2 Å². The number of nitrogens with zero attached hydrogens (tertiary/aromatic N) is 1. The molecular weight excluding hydrogens is 312 g/mol. The monoisotopic (exact) mass is 332 g/mol. The van der Waals surface area contributed by atoms with E-state index in [9.17, 15) is 14.9 Å². The van der Waals surface area contributed by atoms with Crippen LogP contribution in [-0.2, 0) is 22.4 Å². The minimum Gasteiger partial charge on any atom is -0.478 e. The largest absolute Gasteiger partial charge is 0.478 e. The average Bonchev–Trinajstić information content (AvgIpc) is 2.80. The minimum atomic E-state index is -1.18. The number of hydrogen-bond donors (Lipinski definition) is 2. The second kappa shape index (κ2) is 6.55. The van der Waals surface area contributed by atoms with Crippen molar-refractivity contribution < 1.29 is 14.7 Å². The summed E-state index contributed by atoms with van der Waals surface area (Å²) in [6.07, 6.45) is 4.54. The van der Waals surface area contributed by atoms with E-state index in [0.717, 1.165) is 41.9 Å². The Morgan fingerprint density at radius 3 is 2.65 bits per heavy atom. The van der Waals surface area contributed by atoms with Gasteiger partial charge in [-0.2, -0.15) is 5.26 Å². The van der Waals surface area contributed by atoms with Crippen LogP contribution in [0.25, 0.3) is 0 Å². The van der Waals surface area contributed by atoms with Crippen LogP contribution in [0.15, 0.2) is 12.2 Å². The number of fused-ring (bicyclic) bond motifs is 1. The Morgan fingerprint density at radius 2 is 2.09 bits per heavy atom. The van der Waals surface area contributed by atoms with Gasteiger partial charge in [0.05, 0.1) is 5.56 Å². The summed E-state index contributed by atoms with van der Waals surface area (Å²) in [4.78, 5) is 23.4. The Hall–Kier alpha value is -2.13. The predicted octanol–water partition coefficient (Wildman–Crippen LogP) is 3.35. The molecule has 1 heterocycles. The van der Waals surface area contributed by atoms with E-state index >= 15 is 0 Å². The molecule has 1 aliphatic carbocycles. The van der Waals surface area contributed by atoms with Gasteiger partial charge in [0.1, 0.15) is 11.1 Å². The number of hydrogen-bond acceptors (Lipinski definition) is 4. The van der Waals surface area contributed by atoms with Crippen LogP contribution in [0.1, 0.15) is 43.2 Å².